The second-order valence-electron chi connectivity index (χ2n) is 7.18. The Hall–Kier alpha value is -4.53. The molecule has 4 rings (SSSR count). The fourth-order valence-corrected chi connectivity index (χ4v) is 3.60. The molecule has 9 heteroatoms. The van der Waals surface area contributed by atoms with Crippen LogP contribution in [-0.2, 0) is 0 Å². The van der Waals surface area contributed by atoms with Crippen LogP contribution in [-0.4, -0.2) is 34.1 Å². The van der Waals surface area contributed by atoms with Crippen LogP contribution in [0.3, 0.4) is 0 Å². The highest BCUT2D eigenvalue weighted by Gasteiger charge is 2.29. The molecule has 7 nitrogen and oxygen atoms in total. The van der Waals surface area contributed by atoms with Crippen molar-refractivity contribution < 1.29 is 23.5 Å². The van der Waals surface area contributed by atoms with E-state index in [1.165, 1.54) is 19.2 Å². The van der Waals surface area contributed by atoms with Crippen molar-refractivity contribution in [2.75, 3.05) is 17.8 Å². The lowest BCUT2D eigenvalue weighted by molar-refractivity contribution is 0.0772. The SMILES string of the molecule is CN(C(=O)c1c(N)c(-c2cc(F)cc(F)c2)nc2ccccc12)N(C(=O)O)c1ccccc1. The Labute approximate surface area is 187 Å². The predicted molar refractivity (Wildman–Crippen MR) is 121 cm³/mol. The van der Waals surface area contributed by atoms with Crippen molar-refractivity contribution >= 4 is 34.3 Å². The monoisotopic (exact) mass is 448 g/mol. The van der Waals surface area contributed by atoms with Crippen LogP contribution in [0, 0.1) is 11.6 Å². The quantitative estimate of drug-likeness (QED) is 0.433. The number of anilines is 2. The molecule has 0 aliphatic carbocycles. The molecule has 33 heavy (non-hydrogen) atoms. The molecule has 1 aromatic heterocycles. The lowest BCUT2D eigenvalue weighted by Gasteiger charge is -2.30. The molecule has 166 valence electrons. The normalized spacial score (nSPS) is 10.8. The third kappa shape index (κ3) is 4.03. The summed E-state index contributed by atoms with van der Waals surface area (Å²) < 4.78 is 27.7. The molecule has 0 aliphatic rings. The van der Waals surface area contributed by atoms with Gasteiger partial charge in [0.15, 0.2) is 0 Å². The van der Waals surface area contributed by atoms with Crippen molar-refractivity contribution in [3.8, 4) is 11.3 Å². The van der Waals surface area contributed by atoms with Crippen molar-refractivity contribution in [1.29, 1.82) is 0 Å². The zero-order chi connectivity index (χ0) is 23.7. The van der Waals surface area contributed by atoms with Gasteiger partial charge in [-0.1, -0.05) is 36.4 Å². The number of nitrogens with two attached hydrogens (primary N) is 1. The Balaban J connectivity index is 1.91. The molecule has 0 unspecified atom stereocenters. The summed E-state index contributed by atoms with van der Waals surface area (Å²) in [4.78, 5) is 30.0. The van der Waals surface area contributed by atoms with Crippen molar-refractivity contribution in [3.63, 3.8) is 0 Å². The molecule has 3 aromatic carbocycles. The summed E-state index contributed by atoms with van der Waals surface area (Å²) in [5, 5.41) is 11.8. The van der Waals surface area contributed by atoms with E-state index in [0.717, 1.165) is 22.2 Å². The van der Waals surface area contributed by atoms with Crippen LogP contribution < -0.4 is 10.7 Å². The molecule has 0 atom stereocenters. The van der Waals surface area contributed by atoms with Gasteiger partial charge in [0.1, 0.15) is 11.6 Å². The van der Waals surface area contributed by atoms with Crippen LogP contribution in [0.4, 0.5) is 25.0 Å². The lowest BCUT2D eigenvalue weighted by Crippen LogP contribution is -2.47. The van der Waals surface area contributed by atoms with Gasteiger partial charge in [-0.15, -0.1) is 0 Å². The number of rotatable bonds is 3. The molecular formula is C24H18F2N4O3. The fraction of sp³-hybridized carbons (Fsp3) is 0.0417. The predicted octanol–water partition coefficient (Wildman–Crippen LogP) is 4.93. The number of carboxylic acid groups (broad SMARTS) is 1. The van der Waals surface area contributed by atoms with E-state index in [4.69, 9.17) is 5.73 Å². The summed E-state index contributed by atoms with van der Waals surface area (Å²) >= 11 is 0. The Bertz CT molecular complexity index is 1360. The first kappa shape index (κ1) is 21.7. The number of para-hydroxylation sites is 2. The standard InChI is InChI=1S/C24H18F2N4O3/c1-29(30(24(32)33)17-7-3-2-4-8-17)23(31)20-18-9-5-6-10-19(18)28-22(21(20)27)14-11-15(25)13-16(26)12-14/h2-13H,27H2,1H3,(H,32,33). The molecule has 0 fully saturated rings. The van der Waals surface area contributed by atoms with E-state index >= 15 is 0 Å². The number of hydrazine groups is 1. The summed E-state index contributed by atoms with van der Waals surface area (Å²) in [5.74, 6) is -2.40. The van der Waals surface area contributed by atoms with Gasteiger partial charge >= 0.3 is 6.09 Å². The first-order valence-electron chi connectivity index (χ1n) is 9.78. The Morgan fingerprint density at radius 2 is 1.55 bits per heavy atom. The maximum Gasteiger partial charge on any atom is 0.431 e. The lowest BCUT2D eigenvalue weighted by atomic mass is 10.0. The third-order valence-electron chi connectivity index (χ3n) is 5.06. The van der Waals surface area contributed by atoms with Crippen molar-refractivity contribution in [3.05, 3.63) is 90.0 Å². The summed E-state index contributed by atoms with van der Waals surface area (Å²) in [6.45, 7) is 0. The number of carbonyl (C=O) groups is 2. The molecule has 0 bridgehead atoms. The minimum Gasteiger partial charge on any atom is -0.463 e. The van der Waals surface area contributed by atoms with Crippen molar-refractivity contribution in [2.24, 2.45) is 0 Å². The Morgan fingerprint density at radius 1 is 0.939 bits per heavy atom. The second-order valence-corrected chi connectivity index (χ2v) is 7.18. The van der Waals surface area contributed by atoms with Crippen LogP contribution in [0.2, 0.25) is 0 Å². The minimum atomic E-state index is -1.39. The van der Waals surface area contributed by atoms with Crippen LogP contribution in [0.25, 0.3) is 22.2 Å². The minimum absolute atomic E-state index is 0.00503. The van der Waals surface area contributed by atoms with Gasteiger partial charge in [-0.05, 0) is 30.3 Å². The van der Waals surface area contributed by atoms with E-state index in [2.05, 4.69) is 4.98 Å². The van der Waals surface area contributed by atoms with Crippen LogP contribution in [0.5, 0.6) is 0 Å². The van der Waals surface area contributed by atoms with Gasteiger partial charge in [-0.3, -0.25) is 4.79 Å². The number of benzene rings is 3. The third-order valence-corrected chi connectivity index (χ3v) is 5.06. The molecule has 0 saturated carbocycles. The van der Waals surface area contributed by atoms with Crippen LogP contribution in [0.1, 0.15) is 10.4 Å². The van der Waals surface area contributed by atoms with Gasteiger partial charge in [0.25, 0.3) is 5.91 Å². The highest BCUT2D eigenvalue weighted by atomic mass is 19.1. The van der Waals surface area contributed by atoms with E-state index < -0.39 is 23.6 Å². The molecule has 2 amide bonds. The molecule has 4 aromatic rings. The summed E-state index contributed by atoms with van der Waals surface area (Å²) in [5.41, 5.74) is 6.79. The number of carbonyl (C=O) groups excluding carboxylic acids is 1. The number of pyridine rings is 1. The van der Waals surface area contributed by atoms with Gasteiger partial charge in [0.2, 0.25) is 0 Å². The van der Waals surface area contributed by atoms with Crippen LogP contribution >= 0.6 is 0 Å². The van der Waals surface area contributed by atoms with Gasteiger partial charge in [-0.25, -0.2) is 23.6 Å². The van der Waals surface area contributed by atoms with E-state index in [0.29, 0.717) is 17.0 Å². The molecular weight excluding hydrogens is 430 g/mol. The molecule has 0 aliphatic heterocycles. The average Bonchev–Trinajstić information content (AvgIpc) is 2.78. The van der Waals surface area contributed by atoms with E-state index in [-0.39, 0.29) is 28.2 Å². The summed E-state index contributed by atoms with van der Waals surface area (Å²) in [6.07, 6.45) is -1.39. The van der Waals surface area contributed by atoms with E-state index in [1.54, 1.807) is 42.5 Å². The first-order chi connectivity index (χ1) is 15.8. The largest absolute Gasteiger partial charge is 0.463 e. The number of nitrogens with zero attached hydrogens (tertiary/aromatic N) is 3. The maximum atomic E-state index is 13.9. The van der Waals surface area contributed by atoms with Gasteiger partial charge in [-0.2, -0.15) is 5.01 Å². The smallest absolute Gasteiger partial charge is 0.431 e. The number of hydrogen-bond acceptors (Lipinski definition) is 4. The topological polar surface area (TPSA) is 99.8 Å². The second kappa shape index (κ2) is 8.54. The van der Waals surface area contributed by atoms with Gasteiger partial charge in [0, 0.05) is 24.1 Å². The van der Waals surface area contributed by atoms with E-state index in [9.17, 15) is 23.5 Å². The number of fused-ring (bicyclic) bond motifs is 1. The van der Waals surface area contributed by atoms with Gasteiger partial charge < -0.3 is 10.8 Å². The molecule has 0 saturated heterocycles. The summed E-state index contributed by atoms with van der Waals surface area (Å²) in [7, 11) is 1.29. The number of amides is 2. The zero-order valence-corrected chi connectivity index (χ0v) is 17.4. The number of halogens is 2. The number of aromatic nitrogens is 1. The van der Waals surface area contributed by atoms with Crippen molar-refractivity contribution in [2.45, 2.75) is 0 Å². The zero-order valence-electron chi connectivity index (χ0n) is 17.4. The number of hydrogen-bond donors (Lipinski definition) is 2. The Morgan fingerprint density at radius 3 is 2.18 bits per heavy atom. The Kier molecular flexibility index (Phi) is 5.61. The van der Waals surface area contributed by atoms with Crippen LogP contribution in [0.15, 0.2) is 72.8 Å². The van der Waals surface area contributed by atoms with Crippen molar-refractivity contribution in [1.82, 2.24) is 9.99 Å². The molecule has 0 spiro atoms. The highest BCUT2D eigenvalue weighted by molar-refractivity contribution is 6.14. The van der Waals surface area contributed by atoms with Gasteiger partial charge in [0.05, 0.1) is 28.1 Å². The molecule has 1 heterocycles. The molecule has 0 radical (unpaired) electrons. The van der Waals surface area contributed by atoms with E-state index in [1.807, 2.05) is 0 Å². The number of nitrogen functional groups attached to an aromatic ring is 1. The maximum absolute atomic E-state index is 13.9. The average molecular weight is 448 g/mol. The molecule has 3 N–H and O–H groups in total. The highest BCUT2D eigenvalue weighted by Crippen LogP contribution is 2.34. The summed E-state index contributed by atoms with van der Waals surface area (Å²) in [6, 6.07) is 17.5. The first-order valence-corrected chi connectivity index (χ1v) is 9.78. The fourth-order valence-electron chi connectivity index (χ4n) is 3.60.